The van der Waals surface area contributed by atoms with Gasteiger partial charge in [-0.3, -0.25) is 9.59 Å². The first-order chi connectivity index (χ1) is 13.6. The Morgan fingerprint density at radius 2 is 1.79 bits per heavy atom. The van der Waals surface area contributed by atoms with E-state index in [4.69, 9.17) is 5.73 Å². The number of primary amides is 1. The minimum absolute atomic E-state index is 0.0603. The van der Waals surface area contributed by atoms with Crippen molar-refractivity contribution in [2.75, 3.05) is 11.4 Å². The molecule has 2 aromatic carbocycles. The maximum Gasteiger partial charge on any atom is 0.418 e. The first-order valence-electron chi connectivity index (χ1n) is 8.74. The van der Waals surface area contributed by atoms with Gasteiger partial charge in [0.2, 0.25) is 5.91 Å². The Hall–Kier alpha value is -2.81. The largest absolute Gasteiger partial charge is 0.418 e. The molecular formula is C20H18F3N3O2S. The predicted octanol–water partition coefficient (Wildman–Crippen LogP) is 4.18. The second kappa shape index (κ2) is 7.55. The maximum atomic E-state index is 13.5. The van der Waals surface area contributed by atoms with Gasteiger partial charge in [-0.25, -0.2) is 0 Å². The molecule has 9 heteroatoms. The van der Waals surface area contributed by atoms with E-state index in [2.05, 4.69) is 4.99 Å². The van der Waals surface area contributed by atoms with Crippen LogP contribution in [0.2, 0.25) is 0 Å². The topological polar surface area (TPSA) is 75.8 Å². The van der Waals surface area contributed by atoms with Crippen LogP contribution in [0, 0.1) is 0 Å². The number of aliphatic imine (C=N–C) groups is 1. The second-order valence-electron chi connectivity index (χ2n) is 6.54. The van der Waals surface area contributed by atoms with E-state index in [1.807, 2.05) is 0 Å². The lowest BCUT2D eigenvalue weighted by Crippen LogP contribution is -2.31. The molecule has 1 aliphatic rings. The van der Waals surface area contributed by atoms with Gasteiger partial charge in [0, 0.05) is 12.1 Å². The molecule has 1 aliphatic heterocycles. The van der Waals surface area contributed by atoms with E-state index < -0.39 is 28.3 Å². The molecule has 3 rings (SSSR count). The predicted molar refractivity (Wildman–Crippen MR) is 107 cm³/mol. The summed E-state index contributed by atoms with van der Waals surface area (Å²) in [5.74, 6) is -1.07. The van der Waals surface area contributed by atoms with Crippen LogP contribution >= 0.6 is 11.8 Å². The molecule has 2 aromatic rings. The molecule has 1 heterocycles. The first-order valence-corrected chi connectivity index (χ1v) is 9.56. The summed E-state index contributed by atoms with van der Waals surface area (Å²) in [7, 11) is 0. The van der Waals surface area contributed by atoms with Crippen LogP contribution in [0.3, 0.4) is 0 Å². The van der Waals surface area contributed by atoms with Crippen molar-refractivity contribution in [2.45, 2.75) is 24.8 Å². The number of rotatable bonds is 4. The van der Waals surface area contributed by atoms with E-state index in [0.29, 0.717) is 11.1 Å². The number of halogens is 3. The molecule has 0 saturated carbocycles. The lowest BCUT2D eigenvalue weighted by Gasteiger charge is -2.27. The standard InChI is InChI=1S/C20H18F3N3O2S/c1-3-26(15-7-5-4-6-14(15)20(21,22)23)18-25-17(28)19(2,29-18)13-10-8-12(9-11-13)16(24)27/h4-11H,3H2,1-2H3,(H2,24,27). The van der Waals surface area contributed by atoms with Gasteiger partial charge in [-0.1, -0.05) is 36.0 Å². The lowest BCUT2D eigenvalue weighted by atomic mass is 9.98. The van der Waals surface area contributed by atoms with Crippen molar-refractivity contribution in [1.82, 2.24) is 0 Å². The number of carbonyl (C=O) groups excluding carboxylic acids is 2. The number of anilines is 1. The van der Waals surface area contributed by atoms with E-state index in [1.165, 1.54) is 35.2 Å². The van der Waals surface area contributed by atoms with Gasteiger partial charge in [-0.2, -0.15) is 18.2 Å². The van der Waals surface area contributed by atoms with Gasteiger partial charge in [-0.15, -0.1) is 0 Å². The zero-order valence-corrected chi connectivity index (χ0v) is 16.5. The number of amidine groups is 1. The molecule has 5 nitrogen and oxygen atoms in total. The number of para-hydroxylation sites is 1. The molecule has 1 unspecified atom stereocenters. The molecule has 0 fully saturated rings. The Balaban J connectivity index is 1.96. The van der Waals surface area contributed by atoms with E-state index in [-0.39, 0.29) is 17.4 Å². The molecule has 2 amide bonds. The molecule has 0 bridgehead atoms. The van der Waals surface area contributed by atoms with E-state index in [1.54, 1.807) is 26.0 Å². The van der Waals surface area contributed by atoms with Crippen LogP contribution in [0.4, 0.5) is 18.9 Å². The second-order valence-corrected chi connectivity index (χ2v) is 7.92. The highest BCUT2D eigenvalue weighted by Gasteiger charge is 2.45. The number of hydrogen-bond acceptors (Lipinski definition) is 4. The summed E-state index contributed by atoms with van der Waals surface area (Å²) in [6.45, 7) is 3.54. The van der Waals surface area contributed by atoms with Crippen molar-refractivity contribution in [3.63, 3.8) is 0 Å². The number of alkyl halides is 3. The first kappa shape index (κ1) is 20.9. The Morgan fingerprint density at radius 1 is 1.17 bits per heavy atom. The summed E-state index contributed by atoms with van der Waals surface area (Å²) in [6.07, 6.45) is -4.54. The Kier molecular flexibility index (Phi) is 5.44. The highest BCUT2D eigenvalue weighted by molar-refractivity contribution is 8.16. The molecule has 2 N–H and O–H groups in total. The normalized spacial score (nSPS) is 19.2. The minimum Gasteiger partial charge on any atom is -0.366 e. The molecule has 0 aromatic heterocycles. The smallest absolute Gasteiger partial charge is 0.366 e. The van der Waals surface area contributed by atoms with Crippen molar-refractivity contribution >= 4 is 34.4 Å². The van der Waals surface area contributed by atoms with Gasteiger partial charge >= 0.3 is 6.18 Å². The van der Waals surface area contributed by atoms with Crippen molar-refractivity contribution in [1.29, 1.82) is 0 Å². The summed E-state index contributed by atoms with van der Waals surface area (Å²) in [5, 5.41) is 0.190. The average molecular weight is 421 g/mol. The highest BCUT2D eigenvalue weighted by atomic mass is 32.2. The zero-order valence-electron chi connectivity index (χ0n) is 15.7. The third kappa shape index (κ3) is 3.87. The number of nitrogens with two attached hydrogens (primary N) is 1. The average Bonchev–Trinajstić information content (AvgIpc) is 2.97. The molecule has 1 atom stereocenters. The van der Waals surface area contributed by atoms with Gasteiger partial charge in [-0.05, 0) is 43.7 Å². The molecular weight excluding hydrogens is 403 g/mol. The summed E-state index contributed by atoms with van der Waals surface area (Å²) in [5.41, 5.74) is 5.26. The van der Waals surface area contributed by atoms with Gasteiger partial charge in [0.25, 0.3) is 5.91 Å². The summed E-state index contributed by atoms with van der Waals surface area (Å²) >= 11 is 1.08. The fourth-order valence-corrected chi connectivity index (χ4v) is 4.27. The van der Waals surface area contributed by atoms with Crippen LogP contribution in [0.5, 0.6) is 0 Å². The molecule has 0 saturated heterocycles. The molecule has 152 valence electrons. The zero-order chi connectivity index (χ0) is 21.4. The highest BCUT2D eigenvalue weighted by Crippen LogP contribution is 2.45. The van der Waals surface area contributed by atoms with Crippen molar-refractivity contribution in [3.05, 3.63) is 65.2 Å². The van der Waals surface area contributed by atoms with Gasteiger partial charge in [0.15, 0.2) is 5.17 Å². The Morgan fingerprint density at radius 3 is 2.34 bits per heavy atom. The number of carbonyl (C=O) groups is 2. The van der Waals surface area contributed by atoms with Gasteiger partial charge in [0.05, 0.1) is 11.3 Å². The van der Waals surface area contributed by atoms with Gasteiger partial charge in [0.1, 0.15) is 4.75 Å². The monoisotopic (exact) mass is 421 g/mol. The number of benzene rings is 2. The van der Waals surface area contributed by atoms with E-state index in [0.717, 1.165) is 17.8 Å². The summed E-state index contributed by atoms with van der Waals surface area (Å²) in [4.78, 5) is 29.4. The van der Waals surface area contributed by atoms with Crippen LogP contribution in [0.15, 0.2) is 53.5 Å². The fourth-order valence-electron chi connectivity index (χ4n) is 3.05. The van der Waals surface area contributed by atoms with Crippen LogP contribution in [0.25, 0.3) is 0 Å². The van der Waals surface area contributed by atoms with Crippen molar-refractivity contribution < 1.29 is 22.8 Å². The number of hydrogen-bond donors (Lipinski definition) is 1. The van der Waals surface area contributed by atoms with E-state index >= 15 is 0 Å². The quantitative estimate of drug-likeness (QED) is 0.804. The molecule has 0 radical (unpaired) electrons. The third-order valence-corrected chi connectivity index (χ3v) is 5.98. The Labute approximate surface area is 169 Å². The molecule has 0 spiro atoms. The van der Waals surface area contributed by atoms with Crippen LogP contribution in [-0.4, -0.2) is 23.5 Å². The van der Waals surface area contributed by atoms with E-state index in [9.17, 15) is 22.8 Å². The molecule has 29 heavy (non-hydrogen) atoms. The lowest BCUT2D eigenvalue weighted by molar-refractivity contribution is -0.137. The fraction of sp³-hybridized carbons (Fsp3) is 0.250. The summed E-state index contributed by atoms with van der Waals surface area (Å²) in [6, 6.07) is 11.4. The Bertz CT molecular complexity index is 989. The minimum atomic E-state index is -4.54. The van der Waals surface area contributed by atoms with Crippen LogP contribution in [-0.2, 0) is 15.7 Å². The summed E-state index contributed by atoms with van der Waals surface area (Å²) < 4.78 is 39.2. The van der Waals surface area contributed by atoms with Gasteiger partial charge < -0.3 is 10.6 Å². The van der Waals surface area contributed by atoms with Crippen molar-refractivity contribution in [3.8, 4) is 0 Å². The number of amides is 2. The maximum absolute atomic E-state index is 13.5. The molecule has 0 aliphatic carbocycles. The van der Waals surface area contributed by atoms with Crippen LogP contribution < -0.4 is 10.6 Å². The third-order valence-electron chi connectivity index (χ3n) is 4.67. The number of nitrogens with zero attached hydrogens (tertiary/aromatic N) is 2. The van der Waals surface area contributed by atoms with Crippen molar-refractivity contribution in [2.24, 2.45) is 10.7 Å². The number of thioether (sulfide) groups is 1. The SMILES string of the molecule is CCN(C1=NC(=O)C(C)(c2ccc(C(N)=O)cc2)S1)c1ccccc1C(F)(F)F. The van der Waals surface area contributed by atoms with Crippen LogP contribution in [0.1, 0.15) is 35.3 Å².